The zero-order valence-corrected chi connectivity index (χ0v) is 16.8. The van der Waals surface area contributed by atoms with Gasteiger partial charge < -0.3 is 19.9 Å². The summed E-state index contributed by atoms with van der Waals surface area (Å²) in [7, 11) is 2.17. The number of nitrogens with one attached hydrogen (secondary N) is 1. The third kappa shape index (κ3) is 3.83. The predicted molar refractivity (Wildman–Crippen MR) is 113 cm³/mol. The molecule has 29 heavy (non-hydrogen) atoms. The van der Waals surface area contributed by atoms with Crippen LogP contribution in [0, 0.1) is 0 Å². The van der Waals surface area contributed by atoms with Gasteiger partial charge in [0, 0.05) is 69.5 Å². The number of rotatable bonds is 4. The van der Waals surface area contributed by atoms with E-state index >= 15 is 0 Å². The van der Waals surface area contributed by atoms with Crippen molar-refractivity contribution >= 4 is 23.0 Å². The van der Waals surface area contributed by atoms with E-state index in [1.807, 2.05) is 30.0 Å². The van der Waals surface area contributed by atoms with E-state index in [1.54, 1.807) is 0 Å². The SMILES string of the molecule is CN1CCN(c2cc(C3=N[NH2+]c4ccnc(NC5CCOCC5)c43)ccn2)CC1. The number of nitrogens with two attached hydrogens (primary N) is 1. The Balaban J connectivity index is 1.42. The summed E-state index contributed by atoms with van der Waals surface area (Å²) in [6.07, 6.45) is 5.76. The number of anilines is 2. The third-order valence-electron chi connectivity index (χ3n) is 5.96. The molecule has 2 fully saturated rings. The van der Waals surface area contributed by atoms with E-state index in [9.17, 15) is 0 Å². The number of piperazine rings is 1. The van der Waals surface area contributed by atoms with Gasteiger partial charge in [-0.05, 0) is 32.0 Å². The number of hydrogen-bond acceptors (Lipinski definition) is 7. The number of nitrogens with zero attached hydrogens (tertiary/aromatic N) is 5. The van der Waals surface area contributed by atoms with Crippen molar-refractivity contribution in [1.29, 1.82) is 0 Å². The van der Waals surface area contributed by atoms with Gasteiger partial charge in [0.1, 0.15) is 22.9 Å². The van der Waals surface area contributed by atoms with Gasteiger partial charge in [-0.25, -0.2) is 9.97 Å². The minimum atomic E-state index is 0.392. The van der Waals surface area contributed by atoms with Crippen LogP contribution in [0.15, 0.2) is 35.7 Å². The predicted octanol–water partition coefficient (Wildman–Crippen LogP) is 0.780. The molecule has 0 spiro atoms. The summed E-state index contributed by atoms with van der Waals surface area (Å²) in [4.78, 5) is 14.0. The first-order chi connectivity index (χ1) is 14.3. The van der Waals surface area contributed by atoms with E-state index in [0.717, 1.165) is 86.4 Å². The van der Waals surface area contributed by atoms with Crippen molar-refractivity contribution in [2.75, 3.05) is 56.7 Å². The molecule has 5 heterocycles. The van der Waals surface area contributed by atoms with Crippen molar-refractivity contribution in [2.24, 2.45) is 5.10 Å². The summed E-state index contributed by atoms with van der Waals surface area (Å²) in [5, 5.41) is 8.40. The Labute approximate surface area is 171 Å². The second-order valence-corrected chi connectivity index (χ2v) is 7.95. The summed E-state index contributed by atoms with van der Waals surface area (Å²) < 4.78 is 5.49. The van der Waals surface area contributed by atoms with E-state index < -0.39 is 0 Å². The minimum absolute atomic E-state index is 0.392. The Hall–Kier alpha value is -2.55. The number of pyridine rings is 2. The first-order valence-corrected chi connectivity index (χ1v) is 10.4. The molecule has 0 radical (unpaired) electrons. The van der Waals surface area contributed by atoms with Gasteiger partial charge in [-0.2, -0.15) is 5.43 Å². The lowest BCUT2D eigenvalue weighted by molar-refractivity contribution is -0.573. The van der Waals surface area contributed by atoms with Crippen molar-refractivity contribution in [3.63, 3.8) is 0 Å². The van der Waals surface area contributed by atoms with Crippen LogP contribution in [0.1, 0.15) is 24.0 Å². The maximum Gasteiger partial charge on any atom is 0.170 e. The zero-order chi connectivity index (χ0) is 19.6. The molecular weight excluding hydrogens is 366 g/mol. The minimum Gasteiger partial charge on any atom is -0.381 e. The topological polar surface area (TPSA) is 82.5 Å². The Kier molecular flexibility index (Phi) is 5.13. The summed E-state index contributed by atoms with van der Waals surface area (Å²) in [6.45, 7) is 5.73. The maximum absolute atomic E-state index is 5.49. The molecule has 0 bridgehead atoms. The molecule has 152 valence electrons. The van der Waals surface area contributed by atoms with Crippen molar-refractivity contribution < 1.29 is 10.2 Å². The second kappa shape index (κ2) is 8.06. The Morgan fingerprint density at radius 1 is 1.07 bits per heavy atom. The Morgan fingerprint density at radius 3 is 2.69 bits per heavy atom. The summed E-state index contributed by atoms with van der Waals surface area (Å²) in [6, 6.07) is 6.64. The molecule has 2 aromatic rings. The third-order valence-corrected chi connectivity index (χ3v) is 5.96. The summed E-state index contributed by atoms with van der Waals surface area (Å²) in [5.41, 5.74) is 6.21. The fourth-order valence-corrected chi connectivity index (χ4v) is 4.17. The van der Waals surface area contributed by atoms with Crippen LogP contribution in [-0.4, -0.2) is 73.1 Å². The molecule has 8 heteroatoms. The fourth-order valence-electron chi connectivity index (χ4n) is 4.17. The molecule has 3 N–H and O–H groups in total. The monoisotopic (exact) mass is 394 g/mol. The average molecular weight is 395 g/mol. The number of aromatic nitrogens is 2. The molecule has 0 aromatic carbocycles. The number of hydrogen-bond donors (Lipinski definition) is 2. The van der Waals surface area contributed by atoms with E-state index in [1.165, 1.54) is 0 Å². The molecule has 0 unspecified atom stereocenters. The summed E-state index contributed by atoms with van der Waals surface area (Å²) >= 11 is 0. The quantitative estimate of drug-likeness (QED) is 0.746. The normalized spacial score (nSPS) is 20.4. The second-order valence-electron chi connectivity index (χ2n) is 7.95. The van der Waals surface area contributed by atoms with Crippen LogP contribution < -0.4 is 15.6 Å². The highest BCUT2D eigenvalue weighted by atomic mass is 16.5. The lowest BCUT2D eigenvalue weighted by Gasteiger charge is -2.33. The molecule has 0 atom stereocenters. The smallest absolute Gasteiger partial charge is 0.170 e. The van der Waals surface area contributed by atoms with Crippen LogP contribution in [0.3, 0.4) is 0 Å². The van der Waals surface area contributed by atoms with Crippen LogP contribution in [0.4, 0.5) is 17.3 Å². The van der Waals surface area contributed by atoms with E-state index in [-0.39, 0.29) is 0 Å². The van der Waals surface area contributed by atoms with Crippen LogP contribution in [-0.2, 0) is 4.74 Å². The van der Waals surface area contributed by atoms with Gasteiger partial charge in [0.2, 0.25) is 0 Å². The Morgan fingerprint density at radius 2 is 1.86 bits per heavy atom. The number of likely N-dealkylation sites (N-methyl/N-ethyl adjacent to an activating group) is 1. The molecule has 2 saturated heterocycles. The van der Waals surface area contributed by atoms with Gasteiger partial charge in [-0.1, -0.05) is 5.10 Å². The largest absolute Gasteiger partial charge is 0.381 e. The van der Waals surface area contributed by atoms with Gasteiger partial charge in [0.05, 0.1) is 0 Å². The molecule has 0 amide bonds. The lowest BCUT2D eigenvalue weighted by atomic mass is 10.0. The van der Waals surface area contributed by atoms with Crippen LogP contribution in [0.25, 0.3) is 0 Å². The molecule has 3 aliphatic rings. The standard InChI is InChI=1S/C21H27N7O/c1-27-8-10-28(11-9-27)18-14-15(2-6-22-18)20-19-17(25-26-20)3-7-23-21(19)24-16-4-12-29-13-5-16/h2-3,6-7,14,16H,4-5,8-13H2,1H3,(H,23,24)(H,25,26)/p+1. The highest BCUT2D eigenvalue weighted by molar-refractivity contribution is 6.18. The fraction of sp³-hybridized carbons (Fsp3) is 0.476. The molecule has 0 saturated carbocycles. The average Bonchev–Trinajstić information content (AvgIpc) is 3.20. The molecule has 0 aliphatic carbocycles. The van der Waals surface area contributed by atoms with Crippen molar-refractivity contribution in [3.8, 4) is 0 Å². The number of ether oxygens (including phenoxy) is 1. The van der Waals surface area contributed by atoms with E-state index in [0.29, 0.717) is 6.04 Å². The van der Waals surface area contributed by atoms with Crippen molar-refractivity contribution in [2.45, 2.75) is 18.9 Å². The van der Waals surface area contributed by atoms with Gasteiger partial charge >= 0.3 is 0 Å². The van der Waals surface area contributed by atoms with Crippen LogP contribution >= 0.6 is 0 Å². The van der Waals surface area contributed by atoms with Crippen LogP contribution in [0.2, 0.25) is 0 Å². The summed E-state index contributed by atoms with van der Waals surface area (Å²) in [5.74, 6) is 1.94. The Bertz CT molecular complexity index is 902. The van der Waals surface area contributed by atoms with E-state index in [2.05, 4.69) is 38.2 Å². The van der Waals surface area contributed by atoms with Gasteiger partial charge in [-0.3, -0.25) is 0 Å². The molecule has 8 nitrogen and oxygen atoms in total. The maximum atomic E-state index is 5.49. The molecular formula is C21H28N7O+. The lowest BCUT2D eigenvalue weighted by Crippen LogP contribution is -2.69. The van der Waals surface area contributed by atoms with Gasteiger partial charge in [0.25, 0.3) is 0 Å². The first kappa shape index (κ1) is 18.5. The van der Waals surface area contributed by atoms with Crippen molar-refractivity contribution in [1.82, 2.24) is 14.9 Å². The molecule has 2 aromatic heterocycles. The van der Waals surface area contributed by atoms with Crippen LogP contribution in [0.5, 0.6) is 0 Å². The zero-order valence-electron chi connectivity index (χ0n) is 16.8. The van der Waals surface area contributed by atoms with Crippen molar-refractivity contribution in [3.05, 3.63) is 41.7 Å². The highest BCUT2D eigenvalue weighted by Gasteiger charge is 2.29. The molecule has 3 aliphatic heterocycles. The number of quaternary nitrogens is 1. The van der Waals surface area contributed by atoms with Gasteiger partial charge in [0.15, 0.2) is 5.69 Å². The molecule has 5 rings (SSSR count). The number of fused-ring (bicyclic) bond motifs is 1. The first-order valence-electron chi connectivity index (χ1n) is 10.4. The van der Waals surface area contributed by atoms with Gasteiger partial charge in [-0.15, -0.1) is 0 Å². The van der Waals surface area contributed by atoms with E-state index in [4.69, 9.17) is 9.84 Å². The highest BCUT2D eigenvalue weighted by Crippen LogP contribution is 2.28.